The van der Waals surface area contributed by atoms with E-state index in [2.05, 4.69) is 53.3 Å². The first-order chi connectivity index (χ1) is 12.2. The molecule has 0 aliphatic carbocycles. The van der Waals surface area contributed by atoms with Crippen molar-refractivity contribution < 1.29 is 0 Å². The van der Waals surface area contributed by atoms with Crippen LogP contribution in [0.2, 0.25) is 5.02 Å². The maximum Gasteiger partial charge on any atom is 0.0958 e. The lowest BCUT2D eigenvalue weighted by molar-refractivity contribution is 0.628. The summed E-state index contributed by atoms with van der Waals surface area (Å²) in [6, 6.07) is 16.7. The summed E-state index contributed by atoms with van der Waals surface area (Å²) in [7, 11) is 0. The number of nitrogens with zero attached hydrogens (tertiary/aromatic N) is 2. The van der Waals surface area contributed by atoms with Gasteiger partial charge in [-0.25, -0.2) is 0 Å². The number of aryl methyl sites for hydroxylation is 1. The highest BCUT2D eigenvalue weighted by molar-refractivity contribution is 6.30. The van der Waals surface area contributed by atoms with Gasteiger partial charge in [-0.15, -0.1) is 0 Å². The molecule has 0 spiro atoms. The molecule has 0 amide bonds. The van der Waals surface area contributed by atoms with Gasteiger partial charge in [-0.2, -0.15) is 5.10 Å². The minimum absolute atomic E-state index is 0.760. The Bertz CT molecular complexity index is 863. The van der Waals surface area contributed by atoms with Crippen LogP contribution in [0.3, 0.4) is 0 Å². The summed E-state index contributed by atoms with van der Waals surface area (Å²) in [5, 5.41) is 9.26. The van der Waals surface area contributed by atoms with E-state index >= 15 is 0 Å². The predicted molar refractivity (Wildman–Crippen MR) is 103 cm³/mol. The SMILES string of the molecule is Cc1ccc(Cn2nc(-c3ccc(Cl)cc3)c3c2CCNCC3)cc1. The second kappa shape index (κ2) is 7.03. The number of rotatable bonds is 3. The zero-order chi connectivity index (χ0) is 17.2. The van der Waals surface area contributed by atoms with Crippen molar-refractivity contribution in [1.82, 2.24) is 15.1 Å². The van der Waals surface area contributed by atoms with Gasteiger partial charge in [0.15, 0.2) is 0 Å². The van der Waals surface area contributed by atoms with Crippen LogP contribution in [0.25, 0.3) is 11.3 Å². The van der Waals surface area contributed by atoms with E-state index in [1.54, 1.807) is 0 Å². The van der Waals surface area contributed by atoms with E-state index in [0.29, 0.717) is 0 Å². The fraction of sp³-hybridized carbons (Fsp3) is 0.286. The molecule has 1 aliphatic rings. The van der Waals surface area contributed by atoms with Crippen LogP contribution in [0.15, 0.2) is 48.5 Å². The third-order valence-corrected chi connectivity index (χ3v) is 5.08. The normalized spacial score (nSPS) is 14.2. The second-order valence-electron chi connectivity index (χ2n) is 6.67. The molecular weight excluding hydrogens is 330 g/mol. The molecule has 2 aromatic carbocycles. The molecule has 128 valence electrons. The summed E-state index contributed by atoms with van der Waals surface area (Å²) in [5.41, 5.74) is 7.55. The Morgan fingerprint density at radius 2 is 1.72 bits per heavy atom. The molecule has 3 aromatic rings. The maximum absolute atomic E-state index is 6.06. The minimum atomic E-state index is 0.760. The smallest absolute Gasteiger partial charge is 0.0958 e. The van der Waals surface area contributed by atoms with Crippen molar-refractivity contribution in [2.24, 2.45) is 0 Å². The van der Waals surface area contributed by atoms with Gasteiger partial charge in [0.2, 0.25) is 0 Å². The van der Waals surface area contributed by atoms with Gasteiger partial charge in [0.05, 0.1) is 12.2 Å². The zero-order valence-electron chi connectivity index (χ0n) is 14.4. The fourth-order valence-electron chi connectivity index (χ4n) is 3.46. The molecule has 0 unspecified atom stereocenters. The van der Waals surface area contributed by atoms with Crippen LogP contribution >= 0.6 is 11.6 Å². The summed E-state index contributed by atoms with van der Waals surface area (Å²) in [4.78, 5) is 0. The molecule has 0 fully saturated rings. The molecule has 1 aliphatic heterocycles. The van der Waals surface area contributed by atoms with E-state index in [1.165, 1.54) is 22.4 Å². The number of nitrogens with one attached hydrogen (secondary N) is 1. The number of hydrogen-bond donors (Lipinski definition) is 1. The Labute approximate surface area is 153 Å². The average Bonchev–Trinajstić information content (AvgIpc) is 2.80. The Hall–Kier alpha value is -2.10. The largest absolute Gasteiger partial charge is 0.316 e. The van der Waals surface area contributed by atoms with E-state index in [9.17, 15) is 0 Å². The highest BCUT2D eigenvalue weighted by Gasteiger charge is 2.20. The summed E-state index contributed by atoms with van der Waals surface area (Å²) in [5.74, 6) is 0. The molecule has 0 atom stereocenters. The molecule has 1 aromatic heterocycles. The average molecular weight is 352 g/mol. The third-order valence-electron chi connectivity index (χ3n) is 4.83. The van der Waals surface area contributed by atoms with Crippen LogP contribution in [0.1, 0.15) is 22.4 Å². The monoisotopic (exact) mass is 351 g/mol. The first-order valence-electron chi connectivity index (χ1n) is 8.81. The van der Waals surface area contributed by atoms with E-state index < -0.39 is 0 Å². The van der Waals surface area contributed by atoms with E-state index in [4.69, 9.17) is 16.7 Å². The van der Waals surface area contributed by atoms with Gasteiger partial charge in [-0.3, -0.25) is 4.68 Å². The van der Waals surface area contributed by atoms with Crippen molar-refractivity contribution in [2.45, 2.75) is 26.3 Å². The van der Waals surface area contributed by atoms with Gasteiger partial charge < -0.3 is 5.32 Å². The lowest BCUT2D eigenvalue weighted by Crippen LogP contribution is -2.17. The highest BCUT2D eigenvalue weighted by Crippen LogP contribution is 2.29. The van der Waals surface area contributed by atoms with Crippen LogP contribution < -0.4 is 5.32 Å². The molecule has 1 N–H and O–H groups in total. The van der Waals surface area contributed by atoms with Crippen molar-refractivity contribution in [3.63, 3.8) is 0 Å². The molecule has 0 saturated carbocycles. The van der Waals surface area contributed by atoms with Crippen molar-refractivity contribution in [1.29, 1.82) is 0 Å². The number of benzene rings is 2. The molecule has 2 heterocycles. The highest BCUT2D eigenvalue weighted by atomic mass is 35.5. The van der Waals surface area contributed by atoms with Crippen LogP contribution in [-0.4, -0.2) is 22.9 Å². The Balaban J connectivity index is 1.76. The topological polar surface area (TPSA) is 29.9 Å². The Kier molecular flexibility index (Phi) is 4.60. The summed E-state index contributed by atoms with van der Waals surface area (Å²) >= 11 is 6.06. The summed E-state index contributed by atoms with van der Waals surface area (Å²) in [6.07, 6.45) is 2.03. The lowest BCUT2D eigenvalue weighted by atomic mass is 10.0. The van der Waals surface area contributed by atoms with E-state index in [1.807, 2.05) is 12.1 Å². The lowest BCUT2D eigenvalue weighted by Gasteiger charge is -2.08. The van der Waals surface area contributed by atoms with Crippen molar-refractivity contribution >= 4 is 11.6 Å². The number of hydrogen-bond acceptors (Lipinski definition) is 2. The zero-order valence-corrected chi connectivity index (χ0v) is 15.2. The minimum Gasteiger partial charge on any atom is -0.316 e. The van der Waals surface area contributed by atoms with Gasteiger partial charge in [0, 0.05) is 34.8 Å². The molecule has 0 bridgehead atoms. The number of fused-ring (bicyclic) bond motifs is 1. The summed E-state index contributed by atoms with van der Waals surface area (Å²) in [6.45, 7) is 4.95. The van der Waals surface area contributed by atoms with E-state index in [-0.39, 0.29) is 0 Å². The molecule has 3 nitrogen and oxygen atoms in total. The van der Waals surface area contributed by atoms with Gasteiger partial charge in [0.25, 0.3) is 0 Å². The van der Waals surface area contributed by atoms with Gasteiger partial charge in [0.1, 0.15) is 0 Å². The molecule has 4 heteroatoms. The molecular formula is C21H22ClN3. The van der Waals surface area contributed by atoms with Crippen LogP contribution in [0.4, 0.5) is 0 Å². The van der Waals surface area contributed by atoms with E-state index in [0.717, 1.165) is 48.8 Å². The molecule has 25 heavy (non-hydrogen) atoms. The third kappa shape index (κ3) is 3.48. The quantitative estimate of drug-likeness (QED) is 0.764. The van der Waals surface area contributed by atoms with Crippen molar-refractivity contribution in [2.75, 3.05) is 13.1 Å². The van der Waals surface area contributed by atoms with Crippen molar-refractivity contribution in [3.8, 4) is 11.3 Å². The van der Waals surface area contributed by atoms with Crippen LogP contribution in [-0.2, 0) is 19.4 Å². The number of halogens is 1. The van der Waals surface area contributed by atoms with Gasteiger partial charge in [-0.05, 0) is 37.6 Å². The Morgan fingerprint density at radius 1 is 1.00 bits per heavy atom. The first-order valence-corrected chi connectivity index (χ1v) is 9.19. The van der Waals surface area contributed by atoms with Crippen LogP contribution in [0, 0.1) is 6.92 Å². The van der Waals surface area contributed by atoms with Crippen molar-refractivity contribution in [3.05, 3.63) is 75.9 Å². The van der Waals surface area contributed by atoms with Gasteiger partial charge in [-0.1, -0.05) is 53.6 Å². The molecule has 0 radical (unpaired) electrons. The maximum atomic E-state index is 6.06. The first kappa shape index (κ1) is 16.4. The Morgan fingerprint density at radius 3 is 2.48 bits per heavy atom. The molecule has 4 rings (SSSR count). The number of aromatic nitrogens is 2. The second-order valence-corrected chi connectivity index (χ2v) is 7.11. The standard InChI is InChI=1S/C21H22ClN3/c1-15-2-4-16(5-3-15)14-25-20-11-13-23-12-10-19(20)21(24-25)17-6-8-18(22)9-7-17/h2-9,23H,10-14H2,1H3. The van der Waals surface area contributed by atoms with Crippen LogP contribution in [0.5, 0.6) is 0 Å². The molecule has 0 saturated heterocycles. The summed E-state index contributed by atoms with van der Waals surface area (Å²) < 4.78 is 2.19. The predicted octanol–water partition coefficient (Wildman–Crippen LogP) is 4.25. The fourth-order valence-corrected chi connectivity index (χ4v) is 3.58. The van der Waals surface area contributed by atoms with Gasteiger partial charge >= 0.3 is 0 Å².